The molecule has 0 aromatic rings. The van der Waals surface area contributed by atoms with Gasteiger partial charge < -0.3 is 20.0 Å². The Labute approximate surface area is 119 Å². The first kappa shape index (κ1) is 15.1. The van der Waals surface area contributed by atoms with Gasteiger partial charge in [0.25, 0.3) is 0 Å². The first-order chi connectivity index (χ1) is 9.61. The molecule has 0 aromatic heterocycles. The van der Waals surface area contributed by atoms with Crippen LogP contribution in [0.3, 0.4) is 0 Å². The van der Waals surface area contributed by atoms with Crippen molar-refractivity contribution in [3.05, 3.63) is 0 Å². The SMILES string of the molecule is O=C(O)CCC1CCCN(C(=O)N2CCCC2CO)C1. The largest absolute Gasteiger partial charge is 0.481 e. The second-order valence-corrected chi connectivity index (χ2v) is 5.84. The molecule has 2 saturated heterocycles. The fourth-order valence-corrected chi connectivity index (χ4v) is 3.26. The summed E-state index contributed by atoms with van der Waals surface area (Å²) in [5.74, 6) is -0.479. The highest BCUT2D eigenvalue weighted by atomic mass is 16.4. The van der Waals surface area contributed by atoms with Crippen LogP contribution in [0.2, 0.25) is 0 Å². The maximum absolute atomic E-state index is 12.5. The molecule has 2 fully saturated rings. The van der Waals surface area contributed by atoms with Gasteiger partial charge >= 0.3 is 12.0 Å². The Kier molecular flexibility index (Phi) is 5.23. The number of aliphatic carboxylic acids is 1. The molecule has 2 unspecified atom stereocenters. The van der Waals surface area contributed by atoms with E-state index in [0.29, 0.717) is 18.9 Å². The van der Waals surface area contributed by atoms with E-state index in [-0.39, 0.29) is 25.1 Å². The number of amides is 2. The predicted molar refractivity (Wildman–Crippen MR) is 73.4 cm³/mol. The lowest BCUT2D eigenvalue weighted by Gasteiger charge is -2.36. The van der Waals surface area contributed by atoms with E-state index in [1.54, 1.807) is 4.90 Å². The second kappa shape index (κ2) is 6.92. The van der Waals surface area contributed by atoms with E-state index in [4.69, 9.17) is 5.11 Å². The van der Waals surface area contributed by atoms with Crippen LogP contribution in [0.4, 0.5) is 4.79 Å². The third-order valence-electron chi connectivity index (χ3n) is 4.39. The van der Waals surface area contributed by atoms with Crippen molar-refractivity contribution in [3.63, 3.8) is 0 Å². The minimum absolute atomic E-state index is 0.0153. The average molecular weight is 284 g/mol. The lowest BCUT2D eigenvalue weighted by atomic mass is 9.93. The monoisotopic (exact) mass is 284 g/mol. The summed E-state index contributed by atoms with van der Waals surface area (Å²) in [4.78, 5) is 26.7. The Morgan fingerprint density at radius 1 is 1.15 bits per heavy atom. The van der Waals surface area contributed by atoms with Gasteiger partial charge in [0, 0.05) is 26.1 Å². The summed E-state index contributed by atoms with van der Waals surface area (Å²) in [6.45, 7) is 2.15. The number of nitrogens with zero attached hydrogens (tertiary/aromatic N) is 2. The first-order valence-electron chi connectivity index (χ1n) is 7.50. The molecular weight excluding hydrogens is 260 g/mol. The van der Waals surface area contributed by atoms with E-state index in [2.05, 4.69) is 0 Å². The summed E-state index contributed by atoms with van der Waals surface area (Å²) >= 11 is 0. The van der Waals surface area contributed by atoms with E-state index in [9.17, 15) is 14.7 Å². The number of urea groups is 1. The minimum atomic E-state index is -0.770. The molecule has 2 N–H and O–H groups in total. The zero-order valence-corrected chi connectivity index (χ0v) is 11.8. The van der Waals surface area contributed by atoms with Gasteiger partial charge in [-0.3, -0.25) is 4.79 Å². The lowest BCUT2D eigenvalue weighted by molar-refractivity contribution is -0.137. The summed E-state index contributed by atoms with van der Waals surface area (Å²) in [6, 6.07) is -0.0246. The molecule has 6 nitrogen and oxygen atoms in total. The van der Waals surface area contributed by atoms with E-state index >= 15 is 0 Å². The van der Waals surface area contributed by atoms with Crippen LogP contribution >= 0.6 is 0 Å². The zero-order valence-electron chi connectivity index (χ0n) is 11.8. The van der Waals surface area contributed by atoms with Crippen molar-refractivity contribution in [3.8, 4) is 0 Å². The molecular formula is C14H24N2O4. The summed E-state index contributed by atoms with van der Waals surface area (Å²) < 4.78 is 0. The van der Waals surface area contributed by atoms with Crippen LogP contribution in [-0.4, -0.2) is 64.3 Å². The van der Waals surface area contributed by atoms with Crippen LogP contribution in [-0.2, 0) is 4.79 Å². The topological polar surface area (TPSA) is 81.1 Å². The van der Waals surface area contributed by atoms with Gasteiger partial charge in [-0.05, 0) is 38.0 Å². The Hall–Kier alpha value is -1.30. The van der Waals surface area contributed by atoms with E-state index in [0.717, 1.165) is 38.8 Å². The maximum Gasteiger partial charge on any atom is 0.320 e. The van der Waals surface area contributed by atoms with E-state index in [1.807, 2.05) is 4.90 Å². The molecule has 0 bridgehead atoms. The molecule has 2 amide bonds. The average Bonchev–Trinajstić information content (AvgIpc) is 2.93. The van der Waals surface area contributed by atoms with Crippen LogP contribution in [0.5, 0.6) is 0 Å². The van der Waals surface area contributed by atoms with E-state index < -0.39 is 5.97 Å². The second-order valence-electron chi connectivity index (χ2n) is 5.84. The standard InChI is InChI=1S/C14H24N2O4/c17-10-12-4-2-8-16(12)14(20)15-7-1-3-11(9-15)5-6-13(18)19/h11-12,17H,1-10H2,(H,18,19). The molecule has 2 heterocycles. The molecule has 2 atom stereocenters. The summed E-state index contributed by atoms with van der Waals surface area (Å²) in [5.41, 5.74) is 0. The summed E-state index contributed by atoms with van der Waals surface area (Å²) in [5, 5.41) is 18.0. The van der Waals surface area contributed by atoms with Gasteiger partial charge in [0.2, 0.25) is 0 Å². The Morgan fingerprint density at radius 2 is 1.90 bits per heavy atom. The van der Waals surface area contributed by atoms with Crippen molar-refractivity contribution in [1.82, 2.24) is 9.80 Å². The van der Waals surface area contributed by atoms with Crippen molar-refractivity contribution in [2.75, 3.05) is 26.2 Å². The molecule has 114 valence electrons. The normalized spacial score (nSPS) is 26.9. The molecule has 0 aliphatic carbocycles. The number of carboxylic acid groups (broad SMARTS) is 1. The third-order valence-corrected chi connectivity index (χ3v) is 4.39. The molecule has 2 rings (SSSR count). The summed E-state index contributed by atoms with van der Waals surface area (Å²) in [6.07, 6.45) is 4.58. The van der Waals surface area contributed by atoms with Crippen LogP contribution < -0.4 is 0 Å². The number of hydrogen-bond donors (Lipinski definition) is 2. The molecule has 0 aromatic carbocycles. The number of carbonyl (C=O) groups is 2. The van der Waals surface area contributed by atoms with Gasteiger partial charge in [-0.2, -0.15) is 0 Å². The van der Waals surface area contributed by atoms with E-state index in [1.165, 1.54) is 0 Å². The Bertz CT molecular complexity index is 361. The molecule has 6 heteroatoms. The van der Waals surface area contributed by atoms with Crippen LogP contribution in [0.1, 0.15) is 38.5 Å². The quantitative estimate of drug-likeness (QED) is 0.811. The zero-order chi connectivity index (χ0) is 14.5. The number of likely N-dealkylation sites (tertiary alicyclic amines) is 2. The van der Waals surface area contributed by atoms with Crippen LogP contribution in [0.25, 0.3) is 0 Å². The first-order valence-corrected chi connectivity index (χ1v) is 7.50. The number of carbonyl (C=O) groups excluding carboxylic acids is 1. The van der Waals surface area contributed by atoms with Gasteiger partial charge in [0.1, 0.15) is 0 Å². The highest BCUT2D eigenvalue weighted by Gasteiger charge is 2.33. The van der Waals surface area contributed by atoms with Crippen molar-refractivity contribution < 1.29 is 19.8 Å². The van der Waals surface area contributed by atoms with Crippen LogP contribution in [0.15, 0.2) is 0 Å². The van der Waals surface area contributed by atoms with Gasteiger partial charge in [-0.15, -0.1) is 0 Å². The third kappa shape index (κ3) is 3.62. The van der Waals surface area contributed by atoms with Gasteiger partial charge in [-0.1, -0.05) is 0 Å². The number of carboxylic acids is 1. The van der Waals surface area contributed by atoms with Crippen LogP contribution in [0, 0.1) is 5.92 Å². The number of hydrogen-bond acceptors (Lipinski definition) is 3. The van der Waals surface area contributed by atoms with Crippen molar-refractivity contribution in [1.29, 1.82) is 0 Å². The summed E-state index contributed by atoms with van der Waals surface area (Å²) in [7, 11) is 0. The van der Waals surface area contributed by atoms with Crippen molar-refractivity contribution >= 4 is 12.0 Å². The van der Waals surface area contributed by atoms with Gasteiger partial charge in [-0.25, -0.2) is 4.79 Å². The molecule has 20 heavy (non-hydrogen) atoms. The lowest BCUT2D eigenvalue weighted by Crippen LogP contribution is -2.49. The molecule has 0 radical (unpaired) electrons. The van der Waals surface area contributed by atoms with Gasteiger partial charge in [0.15, 0.2) is 0 Å². The smallest absolute Gasteiger partial charge is 0.320 e. The number of aliphatic hydroxyl groups is 1. The molecule has 2 aliphatic heterocycles. The fraction of sp³-hybridized carbons (Fsp3) is 0.857. The molecule has 0 spiro atoms. The highest BCUT2D eigenvalue weighted by Crippen LogP contribution is 2.24. The Morgan fingerprint density at radius 3 is 2.60 bits per heavy atom. The minimum Gasteiger partial charge on any atom is -0.481 e. The maximum atomic E-state index is 12.5. The molecule has 2 aliphatic rings. The highest BCUT2D eigenvalue weighted by molar-refractivity contribution is 5.75. The predicted octanol–water partition coefficient (Wildman–Crippen LogP) is 1.14. The Balaban J connectivity index is 1.87. The van der Waals surface area contributed by atoms with Crippen molar-refractivity contribution in [2.24, 2.45) is 5.92 Å². The van der Waals surface area contributed by atoms with Crippen molar-refractivity contribution in [2.45, 2.75) is 44.6 Å². The number of aliphatic hydroxyl groups excluding tert-OH is 1. The van der Waals surface area contributed by atoms with Gasteiger partial charge in [0.05, 0.1) is 12.6 Å². The number of rotatable bonds is 4. The molecule has 0 saturated carbocycles. The number of piperidine rings is 1. The fourth-order valence-electron chi connectivity index (χ4n) is 3.26.